The van der Waals surface area contributed by atoms with Crippen molar-refractivity contribution >= 4 is 52.6 Å². The van der Waals surface area contributed by atoms with Gasteiger partial charge in [-0.05, 0) is 48.4 Å². The molecule has 0 unspecified atom stereocenters. The zero-order chi connectivity index (χ0) is 34.5. The number of thiophene rings is 1. The Kier molecular flexibility index (Phi) is 9.20. The first-order valence-corrected chi connectivity index (χ1v) is 18.0. The standard InChI is InChI=1S/C32H35F2N4O8PS/c1-18(39)36-12-11-22-8-9-25(31(43)37-15-23(26(40)17-37)19-5-3-2-4-6-19)38(22)30(42)24(16-36)35-29(41)28-14-20-13-21(7-10-27(20)48-28)32(33,34)47(44,45)46/h2-7,10,13-14,22-26,40H,8-9,11-12,15-17H2,1H3,(H,35,41)(H2,44,45,46)/t22-,23-,24+,25+,26+/m1/s1. The van der Waals surface area contributed by atoms with Gasteiger partial charge in [0.25, 0.3) is 5.91 Å². The van der Waals surface area contributed by atoms with E-state index in [2.05, 4.69) is 5.32 Å². The van der Waals surface area contributed by atoms with E-state index in [4.69, 9.17) is 9.79 Å². The third-order valence-electron chi connectivity index (χ3n) is 9.51. The van der Waals surface area contributed by atoms with Gasteiger partial charge in [0, 0.05) is 55.3 Å². The number of amides is 4. The molecule has 0 aliphatic carbocycles. The second-order valence-electron chi connectivity index (χ2n) is 12.5. The van der Waals surface area contributed by atoms with Gasteiger partial charge in [0.1, 0.15) is 12.1 Å². The first-order chi connectivity index (χ1) is 22.7. The van der Waals surface area contributed by atoms with Crippen LogP contribution in [0.3, 0.4) is 0 Å². The number of carbonyl (C=O) groups is 4. The van der Waals surface area contributed by atoms with Crippen molar-refractivity contribution < 1.29 is 47.4 Å². The number of hydrogen-bond acceptors (Lipinski definition) is 7. The van der Waals surface area contributed by atoms with Crippen molar-refractivity contribution in [2.75, 3.05) is 26.2 Å². The van der Waals surface area contributed by atoms with Crippen molar-refractivity contribution in [2.24, 2.45) is 0 Å². The van der Waals surface area contributed by atoms with Crippen LogP contribution in [0.5, 0.6) is 0 Å². The number of aliphatic hydroxyl groups excluding tert-OH is 1. The second-order valence-corrected chi connectivity index (χ2v) is 15.3. The number of fused-ring (bicyclic) bond motifs is 2. The molecule has 16 heteroatoms. The lowest BCUT2D eigenvalue weighted by Gasteiger charge is -2.39. The van der Waals surface area contributed by atoms with Gasteiger partial charge in [0.15, 0.2) is 0 Å². The Bertz CT molecular complexity index is 1800. The molecule has 0 saturated carbocycles. The maximum Gasteiger partial charge on any atom is 0.399 e. The highest BCUT2D eigenvalue weighted by molar-refractivity contribution is 7.52. The quantitative estimate of drug-likeness (QED) is 0.284. The van der Waals surface area contributed by atoms with Gasteiger partial charge in [0.2, 0.25) is 17.7 Å². The monoisotopic (exact) mass is 704 g/mol. The van der Waals surface area contributed by atoms with Gasteiger partial charge in [-0.2, -0.15) is 8.78 Å². The Balaban J connectivity index is 1.23. The summed E-state index contributed by atoms with van der Waals surface area (Å²) in [5.41, 5.74) is -4.42. The van der Waals surface area contributed by atoms with E-state index in [1.165, 1.54) is 28.9 Å². The molecule has 5 atom stereocenters. The van der Waals surface area contributed by atoms with Crippen LogP contribution in [-0.4, -0.2) is 104 Å². The Morgan fingerprint density at radius 2 is 1.71 bits per heavy atom. The number of benzene rings is 2. The van der Waals surface area contributed by atoms with Gasteiger partial charge < -0.3 is 34.9 Å². The highest BCUT2D eigenvalue weighted by atomic mass is 32.1. The van der Waals surface area contributed by atoms with E-state index in [1.54, 1.807) is 4.90 Å². The largest absolute Gasteiger partial charge is 0.399 e. The van der Waals surface area contributed by atoms with Crippen LogP contribution < -0.4 is 5.32 Å². The molecule has 0 radical (unpaired) electrons. The smallest absolute Gasteiger partial charge is 0.391 e. The maximum atomic E-state index is 14.3. The molecule has 0 spiro atoms. The maximum absolute atomic E-state index is 14.3. The van der Waals surface area contributed by atoms with Crippen molar-refractivity contribution in [1.29, 1.82) is 0 Å². The minimum atomic E-state index is -5.81. The number of alkyl halides is 2. The van der Waals surface area contributed by atoms with Crippen LogP contribution in [0, 0.1) is 0 Å². The molecule has 3 aromatic rings. The molecular formula is C32H35F2N4O8PS. The minimum absolute atomic E-state index is 0.0505. The normalized spacial score (nSPS) is 25.2. The molecule has 0 bridgehead atoms. The van der Waals surface area contributed by atoms with Crippen molar-refractivity contribution in [3.63, 3.8) is 0 Å². The number of aliphatic hydroxyl groups is 1. The number of halogens is 2. The first kappa shape index (κ1) is 34.1. The molecule has 1 aromatic heterocycles. The fourth-order valence-corrected chi connectivity index (χ4v) is 8.38. The molecule has 3 aliphatic heterocycles. The Morgan fingerprint density at radius 1 is 0.979 bits per heavy atom. The molecule has 3 fully saturated rings. The summed E-state index contributed by atoms with van der Waals surface area (Å²) in [6, 6.07) is 11.3. The van der Waals surface area contributed by atoms with E-state index < -0.39 is 48.8 Å². The number of rotatable bonds is 6. The van der Waals surface area contributed by atoms with Crippen LogP contribution in [0.4, 0.5) is 8.78 Å². The number of carbonyl (C=O) groups excluding carboxylic acids is 4. The van der Waals surface area contributed by atoms with Crippen molar-refractivity contribution in [3.8, 4) is 0 Å². The predicted octanol–water partition coefficient (Wildman–Crippen LogP) is 2.83. The van der Waals surface area contributed by atoms with Crippen LogP contribution in [-0.2, 0) is 24.6 Å². The van der Waals surface area contributed by atoms with E-state index in [0.29, 0.717) is 37.1 Å². The highest BCUT2D eigenvalue weighted by Gasteiger charge is 2.51. The third-order valence-corrected chi connectivity index (χ3v) is 11.6. The molecule has 4 amide bonds. The Hall–Kier alpha value is -3.75. The number of likely N-dealkylation sites (tertiary alicyclic amines) is 1. The molecule has 48 heavy (non-hydrogen) atoms. The average molecular weight is 705 g/mol. The topological polar surface area (TPSA) is 168 Å². The zero-order valence-electron chi connectivity index (χ0n) is 25.9. The van der Waals surface area contributed by atoms with E-state index in [9.17, 15) is 37.6 Å². The number of nitrogens with one attached hydrogen (secondary N) is 1. The summed E-state index contributed by atoms with van der Waals surface area (Å²) >= 11 is 0.938. The zero-order valence-corrected chi connectivity index (χ0v) is 27.6. The minimum Gasteiger partial charge on any atom is -0.391 e. The van der Waals surface area contributed by atoms with Gasteiger partial charge in [-0.25, -0.2) is 0 Å². The fourth-order valence-electron chi connectivity index (χ4n) is 6.96. The van der Waals surface area contributed by atoms with Crippen LogP contribution in [0.1, 0.15) is 52.9 Å². The number of nitrogens with zero attached hydrogens (tertiary/aromatic N) is 3. The van der Waals surface area contributed by atoms with Crippen molar-refractivity contribution in [1.82, 2.24) is 20.0 Å². The fraction of sp³-hybridized carbons (Fsp3) is 0.438. The third kappa shape index (κ3) is 6.37. The molecule has 4 N–H and O–H groups in total. The summed E-state index contributed by atoms with van der Waals surface area (Å²) in [4.78, 5) is 77.0. The summed E-state index contributed by atoms with van der Waals surface area (Å²) in [5, 5.41) is 13.7. The average Bonchev–Trinajstić information content (AvgIpc) is 3.77. The van der Waals surface area contributed by atoms with Crippen LogP contribution in [0.2, 0.25) is 0 Å². The van der Waals surface area contributed by atoms with Gasteiger partial charge in [-0.15, -0.1) is 11.3 Å². The molecule has 256 valence electrons. The SMILES string of the molecule is CC(=O)N1CC[C@H]2CC[C@@H](C(=O)N3C[C@H](c4ccccc4)[C@@H](O)C3)N2C(=O)[C@@H](NC(=O)c2cc3cc(C(F)(F)P(=O)(O)O)ccc3s2)C1. The van der Waals surface area contributed by atoms with E-state index in [1.807, 2.05) is 30.3 Å². The first-order valence-electron chi connectivity index (χ1n) is 15.5. The summed E-state index contributed by atoms with van der Waals surface area (Å²) in [7, 11) is -5.81. The van der Waals surface area contributed by atoms with Gasteiger partial charge in [-0.1, -0.05) is 36.4 Å². The summed E-state index contributed by atoms with van der Waals surface area (Å²) < 4.78 is 40.4. The van der Waals surface area contributed by atoms with E-state index >= 15 is 0 Å². The number of β-amino-alcohol motifs (C(OH)–C–C–N with tert-alkyl or cyclic N) is 1. The predicted molar refractivity (Wildman–Crippen MR) is 171 cm³/mol. The van der Waals surface area contributed by atoms with Gasteiger partial charge in [0.05, 0.1) is 11.0 Å². The molecule has 3 aliphatic rings. The summed E-state index contributed by atoms with van der Waals surface area (Å²) in [6.45, 7) is 1.93. The molecule has 3 saturated heterocycles. The molecule has 2 aromatic carbocycles. The summed E-state index contributed by atoms with van der Waals surface area (Å²) in [6.07, 6.45) is 0.581. The van der Waals surface area contributed by atoms with Gasteiger partial charge in [-0.3, -0.25) is 23.7 Å². The van der Waals surface area contributed by atoms with Gasteiger partial charge >= 0.3 is 13.3 Å². The van der Waals surface area contributed by atoms with Crippen molar-refractivity contribution in [2.45, 2.75) is 62.0 Å². The Morgan fingerprint density at radius 3 is 2.40 bits per heavy atom. The van der Waals surface area contributed by atoms with E-state index in [-0.39, 0.29) is 47.1 Å². The molecule has 12 nitrogen and oxygen atoms in total. The molecular weight excluding hydrogens is 669 g/mol. The lowest BCUT2D eigenvalue weighted by Crippen LogP contribution is -2.61. The van der Waals surface area contributed by atoms with Crippen LogP contribution in [0.15, 0.2) is 54.6 Å². The number of hydrogen-bond donors (Lipinski definition) is 4. The summed E-state index contributed by atoms with van der Waals surface area (Å²) in [5.74, 6) is -2.09. The van der Waals surface area contributed by atoms with E-state index in [0.717, 1.165) is 29.0 Å². The second kappa shape index (κ2) is 12.9. The van der Waals surface area contributed by atoms with Crippen molar-refractivity contribution in [3.05, 3.63) is 70.6 Å². The molecule has 4 heterocycles. The lowest BCUT2D eigenvalue weighted by atomic mass is 9.96. The Labute approximate surface area is 278 Å². The highest BCUT2D eigenvalue weighted by Crippen LogP contribution is 2.59. The lowest BCUT2D eigenvalue weighted by molar-refractivity contribution is -0.148. The molecule has 6 rings (SSSR count). The van der Waals surface area contributed by atoms with Crippen LogP contribution in [0.25, 0.3) is 10.1 Å². The van der Waals surface area contributed by atoms with Crippen LogP contribution >= 0.6 is 18.9 Å².